The van der Waals surface area contributed by atoms with E-state index in [-0.39, 0.29) is 0 Å². The molecular weight excluding hydrogens is 240 g/mol. The van der Waals surface area contributed by atoms with E-state index in [1.54, 1.807) is 0 Å². The minimum Gasteiger partial charge on any atom is -0.381 e. The van der Waals surface area contributed by atoms with E-state index in [4.69, 9.17) is 4.74 Å². The molecule has 0 aromatic carbocycles. The van der Waals surface area contributed by atoms with Gasteiger partial charge in [-0.3, -0.25) is 0 Å². The summed E-state index contributed by atoms with van der Waals surface area (Å²) in [5, 5.41) is 1.11. The Morgan fingerprint density at radius 3 is 2.50 bits per heavy atom. The van der Waals surface area contributed by atoms with Crippen molar-refractivity contribution >= 4 is 15.9 Å². The number of hydrogen-bond donors (Lipinski definition) is 0. The summed E-state index contributed by atoms with van der Waals surface area (Å²) in [4.78, 5) is 0. The summed E-state index contributed by atoms with van der Waals surface area (Å²) in [6, 6.07) is 0. The summed E-state index contributed by atoms with van der Waals surface area (Å²) < 4.78 is 5.62. The minimum absolute atomic E-state index is 0.957. The lowest BCUT2D eigenvalue weighted by Gasteiger charge is -2.21. The van der Waals surface area contributed by atoms with Gasteiger partial charge < -0.3 is 4.74 Å². The van der Waals surface area contributed by atoms with Gasteiger partial charge in [-0.25, -0.2) is 0 Å². The zero-order chi connectivity index (χ0) is 10.1. The summed E-state index contributed by atoms with van der Waals surface area (Å²) in [6.07, 6.45) is 11.0. The normalized spacial score (nSPS) is 18.6. The van der Waals surface area contributed by atoms with Gasteiger partial charge in [-0.2, -0.15) is 0 Å². The third kappa shape index (κ3) is 6.02. The molecule has 1 nitrogen and oxygen atoms in total. The highest BCUT2D eigenvalue weighted by molar-refractivity contribution is 9.09. The molecule has 0 N–H and O–H groups in total. The Morgan fingerprint density at radius 1 is 1.00 bits per heavy atom. The molecule has 0 heterocycles. The van der Waals surface area contributed by atoms with Gasteiger partial charge in [0.1, 0.15) is 0 Å². The summed E-state index contributed by atoms with van der Waals surface area (Å²) in [7, 11) is 0. The van der Waals surface area contributed by atoms with Gasteiger partial charge in [0.15, 0.2) is 0 Å². The van der Waals surface area contributed by atoms with Crippen LogP contribution >= 0.6 is 15.9 Å². The SMILES string of the molecule is BrCCCCOCCC1CCCCC1. The van der Waals surface area contributed by atoms with Crippen molar-refractivity contribution in [1.29, 1.82) is 0 Å². The number of halogens is 1. The Kier molecular flexibility index (Phi) is 7.80. The first kappa shape index (κ1) is 12.5. The average molecular weight is 263 g/mol. The van der Waals surface area contributed by atoms with Crippen LogP contribution in [-0.2, 0) is 4.74 Å². The molecule has 1 fully saturated rings. The molecule has 84 valence electrons. The van der Waals surface area contributed by atoms with Crippen LogP contribution in [0.25, 0.3) is 0 Å². The van der Waals surface area contributed by atoms with Gasteiger partial charge in [-0.05, 0) is 25.2 Å². The van der Waals surface area contributed by atoms with Crippen molar-refractivity contribution in [3.8, 4) is 0 Å². The number of rotatable bonds is 7. The molecule has 0 saturated heterocycles. The number of ether oxygens (including phenoxy) is 1. The van der Waals surface area contributed by atoms with E-state index in [0.717, 1.165) is 24.5 Å². The minimum atomic E-state index is 0.957. The Bertz CT molecular complexity index is 121. The Labute approximate surface area is 96.7 Å². The van der Waals surface area contributed by atoms with Gasteiger partial charge in [0, 0.05) is 18.5 Å². The van der Waals surface area contributed by atoms with E-state index in [0.29, 0.717) is 0 Å². The molecule has 2 heteroatoms. The van der Waals surface area contributed by atoms with Crippen molar-refractivity contribution in [2.24, 2.45) is 5.92 Å². The van der Waals surface area contributed by atoms with Crippen molar-refractivity contribution in [1.82, 2.24) is 0 Å². The van der Waals surface area contributed by atoms with Crippen molar-refractivity contribution in [2.45, 2.75) is 51.4 Å². The first-order chi connectivity index (χ1) is 6.93. The second kappa shape index (κ2) is 8.72. The monoisotopic (exact) mass is 262 g/mol. The van der Waals surface area contributed by atoms with Crippen LogP contribution in [0.2, 0.25) is 0 Å². The quantitative estimate of drug-likeness (QED) is 0.495. The van der Waals surface area contributed by atoms with Crippen LogP contribution in [-0.4, -0.2) is 18.5 Å². The Morgan fingerprint density at radius 2 is 1.79 bits per heavy atom. The first-order valence-electron chi connectivity index (χ1n) is 6.07. The maximum atomic E-state index is 5.62. The van der Waals surface area contributed by atoms with Crippen LogP contribution in [0.4, 0.5) is 0 Å². The molecule has 1 aliphatic carbocycles. The van der Waals surface area contributed by atoms with Crippen LogP contribution in [0.15, 0.2) is 0 Å². The third-order valence-electron chi connectivity index (χ3n) is 3.07. The van der Waals surface area contributed by atoms with Gasteiger partial charge in [0.25, 0.3) is 0 Å². The van der Waals surface area contributed by atoms with Gasteiger partial charge in [-0.1, -0.05) is 48.0 Å². The standard InChI is InChI=1S/C12H23BrO/c13-9-4-5-10-14-11-8-12-6-2-1-3-7-12/h12H,1-11H2. The van der Waals surface area contributed by atoms with Gasteiger partial charge >= 0.3 is 0 Å². The lowest BCUT2D eigenvalue weighted by molar-refractivity contribution is 0.111. The van der Waals surface area contributed by atoms with Crippen molar-refractivity contribution in [2.75, 3.05) is 18.5 Å². The molecule has 0 bridgehead atoms. The Hall–Kier alpha value is 0.440. The molecular formula is C12H23BrO. The van der Waals surface area contributed by atoms with Crippen molar-refractivity contribution in [3.63, 3.8) is 0 Å². The van der Waals surface area contributed by atoms with Gasteiger partial charge in [0.05, 0.1) is 0 Å². The van der Waals surface area contributed by atoms with E-state index in [1.807, 2.05) is 0 Å². The zero-order valence-electron chi connectivity index (χ0n) is 9.14. The fourth-order valence-electron chi connectivity index (χ4n) is 2.13. The van der Waals surface area contributed by atoms with Crippen LogP contribution in [0.5, 0.6) is 0 Å². The molecule has 14 heavy (non-hydrogen) atoms. The smallest absolute Gasteiger partial charge is 0.0468 e. The predicted molar refractivity (Wildman–Crippen MR) is 65.0 cm³/mol. The first-order valence-corrected chi connectivity index (χ1v) is 7.19. The van der Waals surface area contributed by atoms with Gasteiger partial charge in [0.2, 0.25) is 0 Å². The van der Waals surface area contributed by atoms with E-state index in [1.165, 1.54) is 51.4 Å². The molecule has 0 aliphatic heterocycles. The van der Waals surface area contributed by atoms with Crippen molar-refractivity contribution < 1.29 is 4.74 Å². The topological polar surface area (TPSA) is 9.23 Å². The van der Waals surface area contributed by atoms with E-state index < -0.39 is 0 Å². The molecule has 0 spiro atoms. The molecule has 1 saturated carbocycles. The molecule has 0 atom stereocenters. The summed E-state index contributed by atoms with van der Waals surface area (Å²) in [5.74, 6) is 0.972. The lowest BCUT2D eigenvalue weighted by atomic mass is 9.87. The fourth-order valence-corrected chi connectivity index (χ4v) is 2.52. The van der Waals surface area contributed by atoms with Crippen LogP contribution < -0.4 is 0 Å². The van der Waals surface area contributed by atoms with Crippen LogP contribution in [0, 0.1) is 5.92 Å². The Balaban J connectivity index is 1.82. The number of unbranched alkanes of at least 4 members (excludes halogenated alkanes) is 1. The summed E-state index contributed by atoms with van der Waals surface area (Å²) in [5.41, 5.74) is 0. The van der Waals surface area contributed by atoms with Crippen LogP contribution in [0.3, 0.4) is 0 Å². The molecule has 0 aromatic rings. The number of alkyl halides is 1. The fraction of sp³-hybridized carbons (Fsp3) is 1.00. The number of hydrogen-bond acceptors (Lipinski definition) is 1. The molecule has 0 aromatic heterocycles. The van der Waals surface area contributed by atoms with E-state index >= 15 is 0 Å². The maximum absolute atomic E-state index is 5.62. The highest BCUT2D eigenvalue weighted by atomic mass is 79.9. The maximum Gasteiger partial charge on any atom is 0.0468 e. The summed E-state index contributed by atoms with van der Waals surface area (Å²) >= 11 is 3.43. The molecule has 1 aliphatic rings. The second-order valence-corrected chi connectivity index (χ2v) is 5.09. The molecule has 1 rings (SSSR count). The second-order valence-electron chi connectivity index (χ2n) is 4.30. The van der Waals surface area contributed by atoms with Crippen LogP contribution in [0.1, 0.15) is 51.4 Å². The average Bonchev–Trinajstić information content (AvgIpc) is 2.25. The largest absolute Gasteiger partial charge is 0.381 e. The van der Waals surface area contributed by atoms with Gasteiger partial charge in [-0.15, -0.1) is 0 Å². The highest BCUT2D eigenvalue weighted by Crippen LogP contribution is 2.25. The lowest BCUT2D eigenvalue weighted by Crippen LogP contribution is -2.09. The van der Waals surface area contributed by atoms with Crippen molar-refractivity contribution in [3.05, 3.63) is 0 Å². The van der Waals surface area contributed by atoms with E-state index in [2.05, 4.69) is 15.9 Å². The summed E-state index contributed by atoms with van der Waals surface area (Å²) in [6.45, 7) is 1.95. The predicted octanol–water partition coefficient (Wildman–Crippen LogP) is 4.15. The molecule has 0 unspecified atom stereocenters. The third-order valence-corrected chi connectivity index (χ3v) is 3.63. The van der Waals surface area contributed by atoms with E-state index in [9.17, 15) is 0 Å². The molecule has 0 amide bonds. The zero-order valence-corrected chi connectivity index (χ0v) is 10.7. The highest BCUT2D eigenvalue weighted by Gasteiger charge is 2.12. The molecule has 0 radical (unpaired) electrons.